The standard InChI is InChI=1S/C15H23NO/c1-14(2,13-6-4-3-5-7-13)10-16-11-15(12-17)8-9-15/h3-7,16-17H,8-12H2,1-2H3. The third-order valence-corrected chi connectivity index (χ3v) is 3.91. The second kappa shape index (κ2) is 4.79. The summed E-state index contributed by atoms with van der Waals surface area (Å²) in [6.45, 7) is 6.74. The van der Waals surface area contributed by atoms with Gasteiger partial charge in [0.2, 0.25) is 0 Å². The summed E-state index contributed by atoms with van der Waals surface area (Å²) in [5, 5.41) is 12.8. The topological polar surface area (TPSA) is 32.3 Å². The number of hydrogen-bond donors (Lipinski definition) is 2. The molecule has 1 aliphatic carbocycles. The molecule has 2 rings (SSSR count). The molecule has 0 atom stereocenters. The van der Waals surface area contributed by atoms with Gasteiger partial charge in [-0.15, -0.1) is 0 Å². The second-order valence-electron chi connectivity index (χ2n) is 6.01. The Morgan fingerprint density at radius 1 is 1.24 bits per heavy atom. The Labute approximate surface area is 104 Å². The second-order valence-corrected chi connectivity index (χ2v) is 6.01. The third kappa shape index (κ3) is 3.08. The van der Waals surface area contributed by atoms with Gasteiger partial charge < -0.3 is 10.4 Å². The van der Waals surface area contributed by atoms with Crippen LogP contribution < -0.4 is 5.32 Å². The minimum absolute atomic E-state index is 0.146. The number of nitrogens with one attached hydrogen (secondary N) is 1. The minimum Gasteiger partial charge on any atom is -0.396 e. The number of aliphatic hydroxyl groups is 1. The van der Waals surface area contributed by atoms with Crippen LogP contribution in [-0.4, -0.2) is 24.8 Å². The fraction of sp³-hybridized carbons (Fsp3) is 0.600. The maximum Gasteiger partial charge on any atom is 0.0499 e. The van der Waals surface area contributed by atoms with Gasteiger partial charge in [-0.05, 0) is 18.4 Å². The molecule has 0 radical (unpaired) electrons. The van der Waals surface area contributed by atoms with Crippen LogP contribution in [0.4, 0.5) is 0 Å². The Kier molecular flexibility index (Phi) is 3.55. The fourth-order valence-corrected chi connectivity index (χ4v) is 2.20. The van der Waals surface area contributed by atoms with Crippen LogP contribution in [0.15, 0.2) is 30.3 Å². The molecule has 0 bridgehead atoms. The van der Waals surface area contributed by atoms with Gasteiger partial charge in [0, 0.05) is 30.5 Å². The highest BCUT2D eigenvalue weighted by molar-refractivity contribution is 5.23. The van der Waals surface area contributed by atoms with Crippen molar-refractivity contribution in [2.45, 2.75) is 32.1 Å². The minimum atomic E-state index is 0.146. The molecule has 1 aromatic carbocycles. The Bertz CT molecular complexity index is 354. The van der Waals surface area contributed by atoms with E-state index in [-0.39, 0.29) is 10.8 Å². The van der Waals surface area contributed by atoms with Gasteiger partial charge in [0.15, 0.2) is 0 Å². The monoisotopic (exact) mass is 233 g/mol. The predicted octanol–water partition coefficient (Wildman–Crippen LogP) is 2.33. The zero-order valence-corrected chi connectivity index (χ0v) is 10.9. The van der Waals surface area contributed by atoms with Crippen molar-refractivity contribution < 1.29 is 5.11 Å². The van der Waals surface area contributed by atoms with Gasteiger partial charge >= 0.3 is 0 Å². The molecule has 2 N–H and O–H groups in total. The molecule has 0 amide bonds. The number of aliphatic hydroxyl groups excluding tert-OH is 1. The predicted molar refractivity (Wildman–Crippen MR) is 71.1 cm³/mol. The summed E-state index contributed by atoms with van der Waals surface area (Å²) in [7, 11) is 0. The molecule has 1 aromatic rings. The van der Waals surface area contributed by atoms with E-state index in [0.29, 0.717) is 6.61 Å². The molecule has 94 valence electrons. The quantitative estimate of drug-likeness (QED) is 0.790. The van der Waals surface area contributed by atoms with Gasteiger partial charge in [-0.2, -0.15) is 0 Å². The molecule has 0 unspecified atom stereocenters. The molecule has 0 aromatic heterocycles. The SMILES string of the molecule is CC(C)(CNCC1(CO)CC1)c1ccccc1. The molecule has 1 aliphatic rings. The molecule has 0 saturated heterocycles. The molecule has 1 saturated carbocycles. The number of hydrogen-bond acceptors (Lipinski definition) is 2. The van der Waals surface area contributed by atoms with Crippen molar-refractivity contribution in [2.75, 3.05) is 19.7 Å². The molecule has 17 heavy (non-hydrogen) atoms. The lowest BCUT2D eigenvalue weighted by atomic mass is 9.84. The molecule has 0 spiro atoms. The van der Waals surface area contributed by atoms with Crippen molar-refractivity contribution in [3.63, 3.8) is 0 Å². The molecule has 1 fully saturated rings. The van der Waals surface area contributed by atoms with Gasteiger partial charge in [0.05, 0.1) is 0 Å². The first-order valence-corrected chi connectivity index (χ1v) is 6.45. The van der Waals surface area contributed by atoms with Crippen molar-refractivity contribution >= 4 is 0 Å². The van der Waals surface area contributed by atoms with E-state index in [1.807, 2.05) is 0 Å². The van der Waals surface area contributed by atoms with Crippen LogP contribution in [-0.2, 0) is 5.41 Å². The van der Waals surface area contributed by atoms with Crippen LogP contribution in [0.1, 0.15) is 32.3 Å². The molecule has 2 nitrogen and oxygen atoms in total. The van der Waals surface area contributed by atoms with Crippen molar-refractivity contribution in [2.24, 2.45) is 5.41 Å². The van der Waals surface area contributed by atoms with Crippen LogP contribution in [0.25, 0.3) is 0 Å². The van der Waals surface area contributed by atoms with Gasteiger partial charge in [0.25, 0.3) is 0 Å². The largest absolute Gasteiger partial charge is 0.396 e. The Morgan fingerprint density at radius 2 is 1.88 bits per heavy atom. The molecular weight excluding hydrogens is 210 g/mol. The first kappa shape index (κ1) is 12.6. The van der Waals surface area contributed by atoms with Crippen molar-refractivity contribution in [3.8, 4) is 0 Å². The third-order valence-electron chi connectivity index (χ3n) is 3.91. The maximum atomic E-state index is 9.26. The first-order valence-electron chi connectivity index (χ1n) is 6.45. The zero-order chi connectivity index (χ0) is 12.4. The summed E-state index contributed by atoms with van der Waals surface area (Å²) in [4.78, 5) is 0. The van der Waals surface area contributed by atoms with Gasteiger partial charge in [-0.3, -0.25) is 0 Å². The van der Waals surface area contributed by atoms with E-state index in [4.69, 9.17) is 0 Å². The van der Waals surface area contributed by atoms with E-state index < -0.39 is 0 Å². The Hall–Kier alpha value is -0.860. The fourth-order valence-electron chi connectivity index (χ4n) is 2.20. The molecule has 0 aliphatic heterocycles. The average molecular weight is 233 g/mol. The van der Waals surface area contributed by atoms with E-state index in [2.05, 4.69) is 49.5 Å². The van der Waals surface area contributed by atoms with Crippen LogP contribution in [0.2, 0.25) is 0 Å². The van der Waals surface area contributed by atoms with Crippen LogP contribution in [0.3, 0.4) is 0 Å². The number of benzene rings is 1. The van der Waals surface area contributed by atoms with Crippen molar-refractivity contribution in [1.82, 2.24) is 5.32 Å². The van der Waals surface area contributed by atoms with Crippen LogP contribution >= 0.6 is 0 Å². The summed E-state index contributed by atoms with van der Waals surface area (Å²) < 4.78 is 0. The van der Waals surface area contributed by atoms with E-state index in [1.165, 1.54) is 18.4 Å². The van der Waals surface area contributed by atoms with Crippen LogP contribution in [0, 0.1) is 5.41 Å². The van der Waals surface area contributed by atoms with E-state index in [1.54, 1.807) is 0 Å². The molecule has 0 heterocycles. The number of rotatable bonds is 6. The van der Waals surface area contributed by atoms with Crippen molar-refractivity contribution in [1.29, 1.82) is 0 Å². The summed E-state index contributed by atoms with van der Waals surface area (Å²) in [6, 6.07) is 10.6. The highest BCUT2D eigenvalue weighted by Crippen LogP contribution is 2.44. The summed E-state index contributed by atoms with van der Waals surface area (Å²) in [5.74, 6) is 0. The zero-order valence-electron chi connectivity index (χ0n) is 10.9. The highest BCUT2D eigenvalue weighted by Gasteiger charge is 2.41. The summed E-state index contributed by atoms with van der Waals surface area (Å²) >= 11 is 0. The molecule has 2 heteroatoms. The first-order chi connectivity index (χ1) is 8.08. The van der Waals surface area contributed by atoms with E-state index >= 15 is 0 Å². The maximum absolute atomic E-state index is 9.26. The lowest BCUT2D eigenvalue weighted by Crippen LogP contribution is -2.37. The van der Waals surface area contributed by atoms with Gasteiger partial charge in [-0.1, -0.05) is 44.2 Å². The summed E-state index contributed by atoms with van der Waals surface area (Å²) in [6.07, 6.45) is 2.34. The smallest absolute Gasteiger partial charge is 0.0499 e. The lowest BCUT2D eigenvalue weighted by Gasteiger charge is -2.27. The summed E-state index contributed by atoms with van der Waals surface area (Å²) in [5.41, 5.74) is 1.71. The van der Waals surface area contributed by atoms with E-state index in [0.717, 1.165) is 13.1 Å². The van der Waals surface area contributed by atoms with E-state index in [9.17, 15) is 5.11 Å². The Balaban J connectivity index is 1.85. The van der Waals surface area contributed by atoms with Gasteiger partial charge in [0.1, 0.15) is 0 Å². The lowest BCUT2D eigenvalue weighted by molar-refractivity contribution is 0.205. The highest BCUT2D eigenvalue weighted by atomic mass is 16.3. The Morgan fingerprint density at radius 3 is 2.41 bits per heavy atom. The normalized spacial score (nSPS) is 18.1. The average Bonchev–Trinajstić information content (AvgIpc) is 3.11. The van der Waals surface area contributed by atoms with Crippen molar-refractivity contribution in [3.05, 3.63) is 35.9 Å². The molecular formula is C15H23NO. The van der Waals surface area contributed by atoms with Crippen LogP contribution in [0.5, 0.6) is 0 Å². The van der Waals surface area contributed by atoms with Gasteiger partial charge in [-0.25, -0.2) is 0 Å².